The van der Waals surface area contributed by atoms with Crippen LogP contribution in [-0.2, 0) is 0 Å². The summed E-state index contributed by atoms with van der Waals surface area (Å²) in [5.74, 6) is 4.34. The van der Waals surface area contributed by atoms with Crippen molar-refractivity contribution in [2.45, 2.75) is 0 Å². The van der Waals surface area contributed by atoms with Crippen LogP contribution in [0.15, 0.2) is 41.2 Å². The number of hydrogen-bond acceptors (Lipinski definition) is 4. The number of aromatic amines is 1. The summed E-state index contributed by atoms with van der Waals surface area (Å²) < 4.78 is 0. The van der Waals surface area contributed by atoms with Crippen LogP contribution in [0.5, 0.6) is 0 Å². The summed E-state index contributed by atoms with van der Waals surface area (Å²) >= 11 is 0. The van der Waals surface area contributed by atoms with Gasteiger partial charge in [0.25, 0.3) is 11.5 Å². The van der Waals surface area contributed by atoms with Gasteiger partial charge in [0.15, 0.2) is 0 Å². The number of nitrogen functional groups attached to an aromatic ring is 1. The summed E-state index contributed by atoms with van der Waals surface area (Å²) in [7, 11) is 0. The Bertz CT molecular complexity index is 592. The number of amides is 1. The lowest BCUT2D eigenvalue weighted by molar-refractivity contribution is 0.0952. The summed E-state index contributed by atoms with van der Waals surface area (Å²) in [5.41, 5.74) is 2.57. The van der Waals surface area contributed by atoms with Crippen LogP contribution in [0.2, 0.25) is 0 Å². The van der Waals surface area contributed by atoms with Gasteiger partial charge in [0.2, 0.25) is 0 Å². The Morgan fingerprint density at radius 1 is 1.29 bits per heavy atom. The molecule has 0 aliphatic carbocycles. The van der Waals surface area contributed by atoms with E-state index in [0.29, 0.717) is 5.69 Å². The minimum atomic E-state index is -0.647. The zero-order valence-electron chi connectivity index (χ0n) is 8.81. The first kappa shape index (κ1) is 11.0. The number of benzene rings is 1. The Morgan fingerprint density at radius 2 is 2.00 bits per heavy atom. The van der Waals surface area contributed by atoms with E-state index in [-0.39, 0.29) is 5.56 Å². The predicted molar refractivity (Wildman–Crippen MR) is 61.9 cm³/mol. The Morgan fingerprint density at radius 3 is 2.65 bits per heavy atom. The first-order valence-corrected chi connectivity index (χ1v) is 4.88. The van der Waals surface area contributed by atoms with Gasteiger partial charge >= 0.3 is 0 Å². The van der Waals surface area contributed by atoms with E-state index in [4.69, 9.17) is 5.84 Å². The highest BCUT2D eigenvalue weighted by Gasteiger charge is 2.11. The second-order valence-electron chi connectivity index (χ2n) is 3.34. The molecule has 0 unspecified atom stereocenters. The van der Waals surface area contributed by atoms with Gasteiger partial charge < -0.3 is 0 Å². The molecule has 1 amide bonds. The molecule has 17 heavy (non-hydrogen) atoms. The summed E-state index contributed by atoms with van der Waals surface area (Å²) in [6.45, 7) is 0. The lowest BCUT2D eigenvalue weighted by Gasteiger charge is -2.02. The zero-order chi connectivity index (χ0) is 12.3. The van der Waals surface area contributed by atoms with Gasteiger partial charge in [-0.25, -0.2) is 10.9 Å². The Hall–Kier alpha value is -2.47. The molecule has 0 atom stereocenters. The maximum absolute atomic E-state index is 11.4. The van der Waals surface area contributed by atoms with Crippen LogP contribution >= 0.6 is 0 Å². The molecule has 1 heterocycles. The van der Waals surface area contributed by atoms with E-state index in [2.05, 4.69) is 10.2 Å². The number of hydrazine groups is 1. The van der Waals surface area contributed by atoms with Crippen molar-refractivity contribution in [3.05, 3.63) is 52.3 Å². The minimum Gasteiger partial charge on any atom is -0.290 e. The van der Waals surface area contributed by atoms with E-state index in [1.807, 2.05) is 35.8 Å². The molecular weight excluding hydrogens is 220 g/mol. The van der Waals surface area contributed by atoms with Crippen molar-refractivity contribution in [2.75, 3.05) is 0 Å². The topological polar surface area (TPSA) is 101 Å². The molecule has 4 N–H and O–H groups in total. The number of rotatable bonds is 2. The van der Waals surface area contributed by atoms with Crippen LogP contribution in [0.1, 0.15) is 10.4 Å². The van der Waals surface area contributed by atoms with Gasteiger partial charge in [-0.3, -0.25) is 15.0 Å². The van der Waals surface area contributed by atoms with E-state index in [9.17, 15) is 9.59 Å². The highest BCUT2D eigenvalue weighted by Crippen LogP contribution is 2.14. The molecule has 0 saturated heterocycles. The molecule has 0 aliphatic heterocycles. The fraction of sp³-hybridized carbons (Fsp3) is 0. The molecule has 1 aromatic carbocycles. The largest absolute Gasteiger partial charge is 0.290 e. The lowest BCUT2D eigenvalue weighted by atomic mass is 10.1. The second kappa shape index (κ2) is 4.58. The van der Waals surface area contributed by atoms with Crippen LogP contribution in [-0.4, -0.2) is 16.1 Å². The summed E-state index contributed by atoms with van der Waals surface area (Å²) in [4.78, 5) is 22.7. The molecule has 86 valence electrons. The van der Waals surface area contributed by atoms with Crippen molar-refractivity contribution >= 4 is 5.91 Å². The Labute approximate surface area is 96.4 Å². The van der Waals surface area contributed by atoms with E-state index in [0.717, 1.165) is 5.56 Å². The first-order valence-electron chi connectivity index (χ1n) is 4.88. The molecule has 0 saturated carbocycles. The van der Waals surface area contributed by atoms with Gasteiger partial charge in [-0.1, -0.05) is 30.3 Å². The molecular formula is C11H10N4O2. The maximum Gasteiger partial charge on any atom is 0.277 e. The third kappa shape index (κ3) is 2.21. The molecule has 6 heteroatoms. The molecule has 6 nitrogen and oxygen atoms in total. The van der Waals surface area contributed by atoms with Crippen LogP contribution in [0, 0.1) is 0 Å². The van der Waals surface area contributed by atoms with Gasteiger partial charge in [0.1, 0.15) is 5.56 Å². The van der Waals surface area contributed by atoms with Crippen molar-refractivity contribution in [3.63, 3.8) is 0 Å². The standard InChI is InChI=1S/C11H10N4O2/c12-13-10(16)8-6-9(14-15-11(8)17)7-4-2-1-3-5-7/h1-6H,12H2,(H,13,16)(H,15,17). The fourth-order valence-corrected chi connectivity index (χ4v) is 1.41. The van der Waals surface area contributed by atoms with Crippen molar-refractivity contribution in [3.8, 4) is 11.3 Å². The number of nitrogens with two attached hydrogens (primary N) is 1. The van der Waals surface area contributed by atoms with Crippen LogP contribution in [0.4, 0.5) is 0 Å². The molecule has 1 aromatic heterocycles. The van der Waals surface area contributed by atoms with Gasteiger partial charge in [-0.2, -0.15) is 5.10 Å². The highest BCUT2D eigenvalue weighted by molar-refractivity contribution is 5.94. The fourth-order valence-electron chi connectivity index (χ4n) is 1.41. The quantitative estimate of drug-likeness (QED) is 0.385. The number of aromatic nitrogens is 2. The predicted octanol–water partition coefficient (Wildman–Crippen LogP) is 0.0404. The Kier molecular flexibility index (Phi) is 2.97. The Balaban J connectivity index is 2.52. The molecule has 0 fully saturated rings. The number of nitrogens with zero attached hydrogens (tertiary/aromatic N) is 1. The summed E-state index contributed by atoms with van der Waals surface area (Å²) in [6, 6.07) is 10.6. The SMILES string of the molecule is NNC(=O)c1cc(-c2ccccc2)n[nH]c1=O. The van der Waals surface area contributed by atoms with Crippen LogP contribution in [0.25, 0.3) is 11.3 Å². The molecule has 2 aromatic rings. The average Bonchev–Trinajstić information content (AvgIpc) is 2.39. The molecule has 0 aliphatic rings. The van der Waals surface area contributed by atoms with Crippen LogP contribution in [0.3, 0.4) is 0 Å². The number of nitrogens with one attached hydrogen (secondary N) is 2. The number of hydrogen-bond donors (Lipinski definition) is 3. The van der Waals surface area contributed by atoms with Crippen LogP contribution < -0.4 is 16.8 Å². The van der Waals surface area contributed by atoms with Crippen molar-refractivity contribution in [1.82, 2.24) is 15.6 Å². The molecule has 0 radical (unpaired) electrons. The van der Waals surface area contributed by atoms with E-state index in [1.54, 1.807) is 0 Å². The lowest BCUT2D eigenvalue weighted by Crippen LogP contribution is -2.34. The van der Waals surface area contributed by atoms with Gasteiger partial charge in [0, 0.05) is 5.56 Å². The van der Waals surface area contributed by atoms with E-state index in [1.165, 1.54) is 6.07 Å². The summed E-state index contributed by atoms with van der Waals surface area (Å²) in [5, 5.41) is 6.13. The monoisotopic (exact) mass is 230 g/mol. The van der Waals surface area contributed by atoms with Gasteiger partial charge in [0.05, 0.1) is 5.69 Å². The van der Waals surface area contributed by atoms with Crippen molar-refractivity contribution < 1.29 is 4.79 Å². The number of carbonyl (C=O) groups excluding carboxylic acids is 1. The van der Waals surface area contributed by atoms with Crippen molar-refractivity contribution in [1.29, 1.82) is 0 Å². The second-order valence-corrected chi connectivity index (χ2v) is 3.34. The van der Waals surface area contributed by atoms with Gasteiger partial charge in [-0.15, -0.1) is 0 Å². The zero-order valence-corrected chi connectivity index (χ0v) is 8.81. The van der Waals surface area contributed by atoms with E-state index >= 15 is 0 Å². The molecule has 0 bridgehead atoms. The summed E-state index contributed by atoms with van der Waals surface area (Å²) in [6.07, 6.45) is 0. The van der Waals surface area contributed by atoms with Crippen molar-refractivity contribution in [2.24, 2.45) is 5.84 Å². The molecule has 0 spiro atoms. The number of carbonyl (C=O) groups is 1. The highest BCUT2D eigenvalue weighted by atomic mass is 16.2. The third-order valence-corrected chi connectivity index (χ3v) is 2.25. The van der Waals surface area contributed by atoms with E-state index < -0.39 is 11.5 Å². The average molecular weight is 230 g/mol. The van der Waals surface area contributed by atoms with Gasteiger partial charge in [-0.05, 0) is 6.07 Å². The first-order chi connectivity index (χ1) is 8.22. The smallest absolute Gasteiger partial charge is 0.277 e. The third-order valence-electron chi connectivity index (χ3n) is 2.25. The maximum atomic E-state index is 11.4. The molecule has 2 rings (SSSR count). The minimum absolute atomic E-state index is 0.0682. The number of H-pyrrole nitrogens is 1. The normalized spacial score (nSPS) is 9.94.